The molecule has 0 unspecified atom stereocenters. The highest BCUT2D eigenvalue weighted by molar-refractivity contribution is 5.97. The van der Waals surface area contributed by atoms with Gasteiger partial charge >= 0.3 is 0 Å². The highest BCUT2D eigenvalue weighted by Crippen LogP contribution is 2.18. The molecule has 2 aromatic carbocycles. The molecule has 0 spiro atoms. The molecular weight excluding hydrogens is 558 g/mol. The van der Waals surface area contributed by atoms with E-state index in [0.29, 0.717) is 18.5 Å². The summed E-state index contributed by atoms with van der Waals surface area (Å²) in [4.78, 5) is 60.1. The van der Waals surface area contributed by atoms with E-state index in [1.165, 1.54) is 48.5 Å². The van der Waals surface area contributed by atoms with Gasteiger partial charge in [-0.25, -0.2) is 0 Å². The van der Waals surface area contributed by atoms with Crippen molar-refractivity contribution in [3.63, 3.8) is 0 Å². The fourth-order valence-corrected chi connectivity index (χ4v) is 4.39. The number of benzene rings is 2. The highest BCUT2D eigenvalue weighted by Gasteiger charge is 2.30. The van der Waals surface area contributed by atoms with Crippen LogP contribution in [0.4, 0.5) is 11.4 Å². The number of nitrogens with zero attached hydrogens (tertiary/aromatic N) is 2. The van der Waals surface area contributed by atoms with Gasteiger partial charge in [-0.3, -0.25) is 34.6 Å². The SMILES string of the molecule is CC(C)CNC(=O)[C@H](C)C[C@H](O)[C@H](CC(C)C)NC(=O)[C@H](Cc1ccc([N+](=O)[O-])cc1)NC(=O)c1ccc([N+](=O)[O-])cc1. The minimum Gasteiger partial charge on any atom is -0.391 e. The molecule has 13 heteroatoms. The van der Waals surface area contributed by atoms with Crippen LogP contribution < -0.4 is 16.0 Å². The Hall–Kier alpha value is -4.39. The Kier molecular flexibility index (Phi) is 13.2. The fourth-order valence-electron chi connectivity index (χ4n) is 4.39. The molecular formula is C30H41N5O8. The van der Waals surface area contributed by atoms with Crippen LogP contribution in [0.3, 0.4) is 0 Å². The summed E-state index contributed by atoms with van der Waals surface area (Å²) in [7, 11) is 0. The molecule has 13 nitrogen and oxygen atoms in total. The number of non-ortho nitro benzene ring substituents is 2. The van der Waals surface area contributed by atoms with Crippen molar-refractivity contribution in [3.8, 4) is 0 Å². The minimum atomic E-state index is -1.15. The van der Waals surface area contributed by atoms with Crippen LogP contribution in [0, 0.1) is 38.0 Å². The number of rotatable bonds is 16. The van der Waals surface area contributed by atoms with E-state index in [1.54, 1.807) is 6.92 Å². The maximum Gasteiger partial charge on any atom is 0.269 e. The zero-order valence-electron chi connectivity index (χ0n) is 25.1. The number of nitro benzene ring substituents is 2. The van der Waals surface area contributed by atoms with Crippen LogP contribution in [-0.4, -0.2) is 57.4 Å². The lowest BCUT2D eigenvalue weighted by atomic mass is 9.92. The molecule has 0 radical (unpaired) electrons. The van der Waals surface area contributed by atoms with E-state index in [9.17, 15) is 39.7 Å². The molecule has 4 atom stereocenters. The average Bonchev–Trinajstić information content (AvgIpc) is 2.94. The highest BCUT2D eigenvalue weighted by atomic mass is 16.6. The van der Waals surface area contributed by atoms with Gasteiger partial charge in [-0.15, -0.1) is 0 Å². The molecule has 234 valence electrons. The van der Waals surface area contributed by atoms with Crippen molar-refractivity contribution >= 4 is 29.1 Å². The first kappa shape index (κ1) is 34.8. The molecule has 0 aliphatic heterocycles. The van der Waals surface area contributed by atoms with Gasteiger partial charge in [0.05, 0.1) is 22.0 Å². The maximum atomic E-state index is 13.6. The summed E-state index contributed by atoms with van der Waals surface area (Å²) in [6, 6.07) is 8.54. The van der Waals surface area contributed by atoms with Crippen molar-refractivity contribution in [1.29, 1.82) is 0 Å². The van der Waals surface area contributed by atoms with Crippen LogP contribution in [0.1, 0.15) is 63.4 Å². The molecule has 4 N–H and O–H groups in total. The number of carbonyl (C=O) groups is 3. The summed E-state index contributed by atoms with van der Waals surface area (Å²) in [5, 5.41) is 41.5. The van der Waals surface area contributed by atoms with E-state index in [1.807, 2.05) is 27.7 Å². The Labute approximate surface area is 250 Å². The van der Waals surface area contributed by atoms with Gasteiger partial charge in [-0.2, -0.15) is 0 Å². The molecule has 0 aromatic heterocycles. The minimum absolute atomic E-state index is 0.0267. The molecule has 0 aliphatic carbocycles. The van der Waals surface area contributed by atoms with Gasteiger partial charge in [0, 0.05) is 48.7 Å². The number of carbonyl (C=O) groups excluding carboxylic acids is 3. The van der Waals surface area contributed by atoms with Crippen LogP contribution in [-0.2, 0) is 16.0 Å². The number of amides is 3. The number of aliphatic hydroxyl groups excluding tert-OH is 1. The fraction of sp³-hybridized carbons (Fsp3) is 0.500. The Balaban J connectivity index is 2.27. The number of nitro groups is 2. The smallest absolute Gasteiger partial charge is 0.269 e. The van der Waals surface area contributed by atoms with Gasteiger partial charge in [-0.05, 0) is 42.4 Å². The van der Waals surface area contributed by atoms with E-state index < -0.39 is 45.8 Å². The second-order valence-corrected chi connectivity index (χ2v) is 11.5. The molecule has 0 aliphatic rings. The van der Waals surface area contributed by atoms with Gasteiger partial charge in [0.25, 0.3) is 17.3 Å². The lowest BCUT2D eigenvalue weighted by Crippen LogP contribution is -2.54. The van der Waals surface area contributed by atoms with Crippen molar-refractivity contribution in [2.75, 3.05) is 6.54 Å². The summed E-state index contributed by atoms with van der Waals surface area (Å²) in [5.41, 5.74) is 0.291. The maximum absolute atomic E-state index is 13.6. The molecule has 3 amide bonds. The van der Waals surface area contributed by atoms with Crippen molar-refractivity contribution in [1.82, 2.24) is 16.0 Å². The van der Waals surface area contributed by atoms with E-state index in [0.717, 1.165) is 0 Å². The van der Waals surface area contributed by atoms with Crippen LogP contribution in [0.15, 0.2) is 48.5 Å². The summed E-state index contributed by atoms with van der Waals surface area (Å²) in [6.45, 7) is 10.0. The lowest BCUT2D eigenvalue weighted by Gasteiger charge is -2.29. The molecule has 0 bridgehead atoms. The largest absolute Gasteiger partial charge is 0.391 e. The quantitative estimate of drug-likeness (QED) is 0.166. The molecule has 0 saturated heterocycles. The van der Waals surface area contributed by atoms with Crippen molar-refractivity contribution in [3.05, 3.63) is 79.9 Å². The predicted octanol–water partition coefficient (Wildman–Crippen LogP) is 3.53. The zero-order valence-corrected chi connectivity index (χ0v) is 25.1. The summed E-state index contributed by atoms with van der Waals surface area (Å²) in [5.74, 6) is -1.63. The van der Waals surface area contributed by atoms with Crippen LogP contribution in [0.5, 0.6) is 0 Å². The Morgan fingerprint density at radius 1 is 0.767 bits per heavy atom. The zero-order chi connectivity index (χ0) is 32.3. The monoisotopic (exact) mass is 599 g/mol. The Morgan fingerprint density at radius 3 is 1.79 bits per heavy atom. The van der Waals surface area contributed by atoms with Gasteiger partial charge in [0.15, 0.2) is 0 Å². The first-order valence-electron chi connectivity index (χ1n) is 14.2. The molecule has 2 aromatic rings. The second-order valence-electron chi connectivity index (χ2n) is 11.5. The van der Waals surface area contributed by atoms with Gasteiger partial charge in [0.2, 0.25) is 11.8 Å². The van der Waals surface area contributed by atoms with Crippen molar-refractivity contribution < 1.29 is 29.3 Å². The molecule has 2 rings (SSSR count). The van der Waals surface area contributed by atoms with Crippen LogP contribution >= 0.6 is 0 Å². The lowest BCUT2D eigenvalue weighted by molar-refractivity contribution is -0.385. The summed E-state index contributed by atoms with van der Waals surface area (Å²) >= 11 is 0. The van der Waals surface area contributed by atoms with E-state index >= 15 is 0 Å². The first-order chi connectivity index (χ1) is 20.2. The first-order valence-corrected chi connectivity index (χ1v) is 14.2. The molecule has 43 heavy (non-hydrogen) atoms. The van der Waals surface area contributed by atoms with Gasteiger partial charge in [-0.1, -0.05) is 46.8 Å². The third-order valence-corrected chi connectivity index (χ3v) is 6.79. The van der Waals surface area contributed by atoms with E-state index in [4.69, 9.17) is 0 Å². The van der Waals surface area contributed by atoms with E-state index in [2.05, 4.69) is 16.0 Å². The van der Waals surface area contributed by atoms with Gasteiger partial charge in [0.1, 0.15) is 6.04 Å². The third-order valence-electron chi connectivity index (χ3n) is 6.79. The molecule has 0 saturated carbocycles. The standard InChI is InChI=1S/C30H41N5O8/c1-18(2)14-25(27(36)15-20(5)28(37)31-17-19(3)4)32-30(39)26(16-21-6-10-23(11-7-21)34(40)41)33-29(38)22-8-12-24(13-9-22)35(42)43/h6-13,18-20,25-27,36H,14-17H2,1-5H3,(H,31,37)(H,32,39)(H,33,38)/t20-,25+,26+,27+/m1/s1. The Bertz CT molecular complexity index is 1260. The van der Waals surface area contributed by atoms with Crippen molar-refractivity contribution in [2.24, 2.45) is 17.8 Å². The number of aliphatic hydroxyl groups is 1. The predicted molar refractivity (Wildman–Crippen MR) is 160 cm³/mol. The van der Waals surface area contributed by atoms with Gasteiger partial charge < -0.3 is 21.1 Å². The summed E-state index contributed by atoms with van der Waals surface area (Å²) < 4.78 is 0. The topological polar surface area (TPSA) is 194 Å². The second kappa shape index (κ2) is 16.3. The number of nitrogens with one attached hydrogen (secondary N) is 3. The Morgan fingerprint density at radius 2 is 1.30 bits per heavy atom. The molecule has 0 fully saturated rings. The number of hydrogen-bond acceptors (Lipinski definition) is 8. The van der Waals surface area contributed by atoms with Crippen LogP contribution in [0.25, 0.3) is 0 Å². The number of hydrogen-bond donors (Lipinski definition) is 4. The molecule has 0 heterocycles. The van der Waals surface area contributed by atoms with Crippen LogP contribution in [0.2, 0.25) is 0 Å². The van der Waals surface area contributed by atoms with Crippen molar-refractivity contribution in [2.45, 2.75) is 72.1 Å². The van der Waals surface area contributed by atoms with E-state index in [-0.39, 0.29) is 47.5 Å². The third kappa shape index (κ3) is 11.4. The normalized spacial score (nSPS) is 14.0. The average molecular weight is 600 g/mol. The summed E-state index contributed by atoms with van der Waals surface area (Å²) in [6.07, 6.45) is -0.588.